The predicted molar refractivity (Wildman–Crippen MR) is 65.8 cm³/mol. The topological polar surface area (TPSA) is 66.4 Å². The molecule has 0 unspecified atom stereocenters. The van der Waals surface area contributed by atoms with Crippen molar-refractivity contribution in [2.75, 3.05) is 5.32 Å². The Bertz CT molecular complexity index is 535. The number of carboxylic acids is 1. The SMILES string of the molecule is CC(C(=O)O)=C(C)C(=O)Nc1cccc(F)c1C. The lowest BCUT2D eigenvalue weighted by molar-refractivity contribution is -0.133. The maximum absolute atomic E-state index is 13.3. The molecule has 1 amide bonds. The molecular weight excluding hydrogens is 237 g/mol. The lowest BCUT2D eigenvalue weighted by Crippen LogP contribution is -2.17. The predicted octanol–water partition coefficient (Wildman–Crippen LogP) is 2.49. The molecule has 0 atom stereocenters. The van der Waals surface area contributed by atoms with Gasteiger partial charge in [-0.2, -0.15) is 0 Å². The van der Waals surface area contributed by atoms with Gasteiger partial charge in [0.05, 0.1) is 0 Å². The number of anilines is 1. The van der Waals surface area contributed by atoms with Gasteiger partial charge in [0.1, 0.15) is 5.82 Å². The fraction of sp³-hybridized carbons (Fsp3) is 0.231. The second kappa shape index (κ2) is 5.44. The molecule has 2 N–H and O–H groups in total. The second-order valence-corrected chi connectivity index (χ2v) is 3.92. The van der Waals surface area contributed by atoms with Crippen molar-refractivity contribution in [1.29, 1.82) is 0 Å². The zero-order valence-electron chi connectivity index (χ0n) is 10.4. The third-order valence-corrected chi connectivity index (χ3v) is 2.74. The number of carboxylic acid groups (broad SMARTS) is 1. The Morgan fingerprint density at radius 1 is 1.22 bits per heavy atom. The molecule has 0 aliphatic heterocycles. The van der Waals surface area contributed by atoms with Crippen LogP contribution in [0.1, 0.15) is 19.4 Å². The molecule has 0 bridgehead atoms. The van der Waals surface area contributed by atoms with E-state index in [2.05, 4.69) is 5.32 Å². The van der Waals surface area contributed by atoms with E-state index in [1.807, 2.05) is 0 Å². The monoisotopic (exact) mass is 251 g/mol. The molecule has 0 spiro atoms. The van der Waals surface area contributed by atoms with E-state index in [1.54, 1.807) is 6.07 Å². The second-order valence-electron chi connectivity index (χ2n) is 3.92. The normalized spacial score (nSPS) is 11.8. The Kier molecular flexibility index (Phi) is 4.20. The Morgan fingerprint density at radius 2 is 1.83 bits per heavy atom. The summed E-state index contributed by atoms with van der Waals surface area (Å²) in [5, 5.41) is 11.3. The van der Waals surface area contributed by atoms with Crippen LogP contribution in [0.2, 0.25) is 0 Å². The highest BCUT2D eigenvalue weighted by atomic mass is 19.1. The van der Waals surface area contributed by atoms with Crippen molar-refractivity contribution in [2.24, 2.45) is 0 Å². The minimum atomic E-state index is -1.15. The molecule has 1 rings (SSSR count). The van der Waals surface area contributed by atoms with Crippen LogP contribution >= 0.6 is 0 Å². The number of halogens is 1. The van der Waals surface area contributed by atoms with Crippen LogP contribution < -0.4 is 5.32 Å². The van der Waals surface area contributed by atoms with Crippen molar-refractivity contribution in [2.45, 2.75) is 20.8 Å². The standard InChI is InChI=1S/C13H14FNO3/c1-7(8(2)13(17)18)12(16)15-11-6-4-5-10(14)9(11)3/h4-6H,1-3H3,(H,15,16)(H,17,18). The molecule has 96 valence electrons. The van der Waals surface area contributed by atoms with Crippen LogP contribution in [0.15, 0.2) is 29.3 Å². The van der Waals surface area contributed by atoms with Gasteiger partial charge in [-0.3, -0.25) is 4.79 Å². The van der Waals surface area contributed by atoms with E-state index in [0.717, 1.165) is 0 Å². The summed E-state index contributed by atoms with van der Waals surface area (Å²) >= 11 is 0. The highest BCUT2D eigenvalue weighted by Crippen LogP contribution is 2.18. The van der Waals surface area contributed by atoms with Gasteiger partial charge in [-0.25, -0.2) is 9.18 Å². The van der Waals surface area contributed by atoms with Crippen LogP contribution in [0.4, 0.5) is 10.1 Å². The Hall–Kier alpha value is -2.17. The van der Waals surface area contributed by atoms with Gasteiger partial charge in [0.15, 0.2) is 0 Å². The molecule has 5 heteroatoms. The molecule has 18 heavy (non-hydrogen) atoms. The molecule has 0 aromatic heterocycles. The van der Waals surface area contributed by atoms with Crippen LogP contribution in [0, 0.1) is 12.7 Å². The molecule has 0 saturated carbocycles. The highest BCUT2D eigenvalue weighted by molar-refractivity contribution is 6.08. The van der Waals surface area contributed by atoms with E-state index in [0.29, 0.717) is 11.3 Å². The third-order valence-electron chi connectivity index (χ3n) is 2.74. The molecule has 0 aliphatic carbocycles. The van der Waals surface area contributed by atoms with Crippen molar-refractivity contribution >= 4 is 17.6 Å². The molecule has 0 radical (unpaired) electrons. The highest BCUT2D eigenvalue weighted by Gasteiger charge is 2.14. The first-order chi connectivity index (χ1) is 8.34. The van der Waals surface area contributed by atoms with Gasteiger partial charge in [-0.1, -0.05) is 6.07 Å². The minimum Gasteiger partial charge on any atom is -0.478 e. The van der Waals surface area contributed by atoms with Gasteiger partial charge in [0.2, 0.25) is 0 Å². The number of hydrogen-bond acceptors (Lipinski definition) is 2. The number of carbonyl (C=O) groups excluding carboxylic acids is 1. The maximum atomic E-state index is 13.3. The van der Waals surface area contributed by atoms with Gasteiger partial charge >= 0.3 is 5.97 Å². The first-order valence-corrected chi connectivity index (χ1v) is 5.31. The summed E-state index contributed by atoms with van der Waals surface area (Å²) < 4.78 is 13.3. The van der Waals surface area contributed by atoms with Crippen LogP contribution in [0.5, 0.6) is 0 Å². The number of aliphatic carboxylic acids is 1. The zero-order valence-corrected chi connectivity index (χ0v) is 10.4. The smallest absolute Gasteiger partial charge is 0.331 e. The fourth-order valence-corrected chi connectivity index (χ4v) is 1.29. The first-order valence-electron chi connectivity index (χ1n) is 5.31. The average Bonchev–Trinajstić information content (AvgIpc) is 2.32. The minimum absolute atomic E-state index is 0.0402. The summed E-state index contributed by atoms with van der Waals surface area (Å²) in [4.78, 5) is 22.5. The molecule has 4 nitrogen and oxygen atoms in total. The molecule has 0 saturated heterocycles. The fourth-order valence-electron chi connectivity index (χ4n) is 1.29. The Balaban J connectivity index is 2.99. The average molecular weight is 251 g/mol. The number of amides is 1. The summed E-state index contributed by atoms with van der Waals surface area (Å²) in [6.07, 6.45) is 0. The van der Waals surface area contributed by atoms with Crippen molar-refractivity contribution < 1.29 is 19.1 Å². The summed E-state index contributed by atoms with van der Waals surface area (Å²) in [6, 6.07) is 4.32. The molecular formula is C13H14FNO3. The van der Waals surface area contributed by atoms with Crippen LogP contribution in [-0.4, -0.2) is 17.0 Å². The van der Waals surface area contributed by atoms with Crippen molar-refractivity contribution in [3.63, 3.8) is 0 Å². The lowest BCUT2D eigenvalue weighted by atomic mass is 10.1. The largest absolute Gasteiger partial charge is 0.478 e. The number of nitrogens with one attached hydrogen (secondary N) is 1. The number of carbonyl (C=O) groups is 2. The molecule has 1 aromatic carbocycles. The summed E-state index contributed by atoms with van der Waals surface area (Å²) in [7, 11) is 0. The van der Waals surface area contributed by atoms with Gasteiger partial charge in [0, 0.05) is 22.4 Å². The number of benzene rings is 1. The van der Waals surface area contributed by atoms with E-state index in [-0.39, 0.29) is 11.1 Å². The third kappa shape index (κ3) is 2.94. The maximum Gasteiger partial charge on any atom is 0.331 e. The van der Waals surface area contributed by atoms with E-state index in [4.69, 9.17) is 5.11 Å². The number of hydrogen-bond donors (Lipinski definition) is 2. The van der Waals surface area contributed by atoms with Gasteiger partial charge in [-0.05, 0) is 32.9 Å². The van der Waals surface area contributed by atoms with E-state index < -0.39 is 17.7 Å². The summed E-state index contributed by atoms with van der Waals surface area (Å²) in [5.41, 5.74) is 0.692. The van der Waals surface area contributed by atoms with Crippen LogP contribution in [-0.2, 0) is 9.59 Å². The first kappa shape index (κ1) is 13.9. The van der Waals surface area contributed by atoms with Crippen LogP contribution in [0.3, 0.4) is 0 Å². The van der Waals surface area contributed by atoms with Crippen molar-refractivity contribution in [3.8, 4) is 0 Å². The Labute approximate surface area is 104 Å². The Morgan fingerprint density at radius 3 is 2.39 bits per heavy atom. The number of rotatable bonds is 3. The van der Waals surface area contributed by atoms with Crippen molar-refractivity contribution in [1.82, 2.24) is 0 Å². The quantitative estimate of drug-likeness (QED) is 0.811. The molecule has 0 aliphatic rings. The molecule has 1 aromatic rings. The van der Waals surface area contributed by atoms with Crippen LogP contribution in [0.25, 0.3) is 0 Å². The zero-order chi connectivity index (χ0) is 13.9. The lowest BCUT2D eigenvalue weighted by Gasteiger charge is -2.10. The van der Waals surface area contributed by atoms with E-state index in [9.17, 15) is 14.0 Å². The van der Waals surface area contributed by atoms with Gasteiger partial charge in [-0.15, -0.1) is 0 Å². The summed E-state index contributed by atoms with van der Waals surface area (Å²) in [6.45, 7) is 4.29. The van der Waals surface area contributed by atoms with E-state index >= 15 is 0 Å². The molecule has 0 heterocycles. The van der Waals surface area contributed by atoms with Gasteiger partial charge < -0.3 is 10.4 Å². The van der Waals surface area contributed by atoms with Gasteiger partial charge in [0.25, 0.3) is 5.91 Å². The molecule has 0 fully saturated rings. The van der Waals surface area contributed by atoms with E-state index in [1.165, 1.54) is 32.9 Å². The summed E-state index contributed by atoms with van der Waals surface area (Å²) in [5.74, 6) is -2.13. The van der Waals surface area contributed by atoms with Crippen molar-refractivity contribution in [3.05, 3.63) is 40.7 Å².